The first-order valence-corrected chi connectivity index (χ1v) is 8.02. The van der Waals surface area contributed by atoms with Gasteiger partial charge in [0.1, 0.15) is 12.2 Å². The number of esters is 2. The summed E-state index contributed by atoms with van der Waals surface area (Å²) in [5.74, 6) is -0.449. The number of fused-ring (bicyclic) bond motifs is 3. The van der Waals surface area contributed by atoms with Crippen LogP contribution in [0.25, 0.3) is 0 Å². The summed E-state index contributed by atoms with van der Waals surface area (Å²) in [4.78, 5) is 23.4. The molecule has 0 amide bonds. The second-order valence-electron chi connectivity index (χ2n) is 7.21. The second kappa shape index (κ2) is 5.08. The lowest BCUT2D eigenvalue weighted by Gasteiger charge is -2.50. The van der Waals surface area contributed by atoms with E-state index in [9.17, 15) is 14.7 Å². The van der Waals surface area contributed by atoms with E-state index in [0.717, 1.165) is 24.0 Å². The molecule has 1 saturated carbocycles. The van der Waals surface area contributed by atoms with Gasteiger partial charge in [-0.3, -0.25) is 9.59 Å². The predicted molar refractivity (Wildman–Crippen MR) is 78.8 cm³/mol. The smallest absolute Gasteiger partial charge is 0.309 e. The van der Waals surface area contributed by atoms with Crippen molar-refractivity contribution in [1.29, 1.82) is 0 Å². The first-order chi connectivity index (χ1) is 10.3. The Hall–Kier alpha value is -1.36. The third-order valence-corrected chi connectivity index (χ3v) is 5.92. The number of aliphatic hydroxyl groups is 1. The summed E-state index contributed by atoms with van der Waals surface area (Å²) in [6.45, 7) is 7.28. The molecule has 1 saturated heterocycles. The molecule has 22 heavy (non-hydrogen) atoms. The molecule has 1 heterocycles. The maximum absolute atomic E-state index is 12.0. The molecule has 1 N–H and O–H groups in total. The van der Waals surface area contributed by atoms with Crippen LogP contribution in [0.3, 0.4) is 0 Å². The van der Waals surface area contributed by atoms with Crippen LogP contribution in [0.1, 0.15) is 47.0 Å². The third kappa shape index (κ3) is 2.09. The van der Waals surface area contributed by atoms with Crippen molar-refractivity contribution in [2.24, 2.45) is 17.3 Å². The standard InChI is InChI=1S/C17H24O5/c1-8-11-5-6-17(4)13(21-10(3)18)7-12(19)9(2)14(17)15(11)22-16(8)20/h8,11-13,15,19H,5-7H2,1-4H3/t8-,11-,12-,13-,15-,17-/m0/s1. The normalized spacial score (nSPS) is 44.2. The molecule has 5 heteroatoms. The quantitative estimate of drug-likeness (QED) is 0.592. The van der Waals surface area contributed by atoms with E-state index in [1.54, 1.807) is 0 Å². The van der Waals surface area contributed by atoms with Gasteiger partial charge in [0, 0.05) is 24.7 Å². The Morgan fingerprint density at radius 2 is 2.14 bits per heavy atom. The van der Waals surface area contributed by atoms with Gasteiger partial charge in [-0.1, -0.05) is 13.8 Å². The Kier molecular flexibility index (Phi) is 3.59. The van der Waals surface area contributed by atoms with Gasteiger partial charge in [0.05, 0.1) is 12.0 Å². The molecule has 122 valence electrons. The highest BCUT2D eigenvalue weighted by Crippen LogP contribution is 2.56. The summed E-state index contributed by atoms with van der Waals surface area (Å²) in [6.07, 6.45) is 0.821. The molecule has 0 aromatic heterocycles. The predicted octanol–water partition coefficient (Wildman–Crippen LogP) is 1.98. The van der Waals surface area contributed by atoms with E-state index in [1.807, 2.05) is 13.8 Å². The topological polar surface area (TPSA) is 72.8 Å². The summed E-state index contributed by atoms with van der Waals surface area (Å²) >= 11 is 0. The minimum Gasteiger partial charge on any atom is -0.462 e. The monoisotopic (exact) mass is 308 g/mol. The molecular weight excluding hydrogens is 284 g/mol. The van der Waals surface area contributed by atoms with Gasteiger partial charge in [-0.05, 0) is 30.9 Å². The summed E-state index contributed by atoms with van der Waals surface area (Å²) in [6, 6.07) is 0. The first kappa shape index (κ1) is 15.5. The van der Waals surface area contributed by atoms with Gasteiger partial charge in [0.15, 0.2) is 0 Å². The van der Waals surface area contributed by atoms with Crippen LogP contribution in [0, 0.1) is 17.3 Å². The van der Waals surface area contributed by atoms with Crippen molar-refractivity contribution in [3.63, 3.8) is 0 Å². The zero-order valence-corrected chi connectivity index (χ0v) is 13.6. The lowest BCUT2D eigenvalue weighted by Crippen LogP contribution is -2.51. The number of hydrogen-bond acceptors (Lipinski definition) is 5. The molecule has 0 aromatic carbocycles. The molecule has 2 aliphatic carbocycles. The molecule has 3 rings (SSSR count). The van der Waals surface area contributed by atoms with Crippen molar-refractivity contribution >= 4 is 11.9 Å². The van der Waals surface area contributed by atoms with E-state index in [1.165, 1.54) is 6.92 Å². The largest absolute Gasteiger partial charge is 0.462 e. The third-order valence-electron chi connectivity index (χ3n) is 5.92. The Balaban J connectivity index is 2.04. The minimum atomic E-state index is -0.652. The van der Waals surface area contributed by atoms with Crippen LogP contribution in [0.4, 0.5) is 0 Å². The SMILES string of the molecule is CC(=O)O[C@H]1C[C@H](O)C(C)=C2[C@H]3OC(=O)[C@@H](C)[C@@H]3CC[C@]21C. The highest BCUT2D eigenvalue weighted by Gasteiger charge is 2.57. The highest BCUT2D eigenvalue weighted by molar-refractivity contribution is 5.76. The average molecular weight is 308 g/mol. The Labute approximate surface area is 130 Å². The fraction of sp³-hybridized carbons (Fsp3) is 0.765. The van der Waals surface area contributed by atoms with E-state index in [-0.39, 0.29) is 41.4 Å². The lowest BCUT2D eigenvalue weighted by molar-refractivity contribution is -0.158. The van der Waals surface area contributed by atoms with Crippen LogP contribution in [-0.2, 0) is 19.1 Å². The van der Waals surface area contributed by atoms with Gasteiger partial charge in [-0.2, -0.15) is 0 Å². The van der Waals surface area contributed by atoms with E-state index in [0.29, 0.717) is 6.42 Å². The van der Waals surface area contributed by atoms with Crippen molar-refractivity contribution in [2.45, 2.75) is 65.3 Å². The molecule has 5 nitrogen and oxygen atoms in total. The van der Waals surface area contributed by atoms with Crippen molar-refractivity contribution in [1.82, 2.24) is 0 Å². The minimum absolute atomic E-state index is 0.110. The van der Waals surface area contributed by atoms with Crippen LogP contribution in [0.15, 0.2) is 11.1 Å². The number of ether oxygens (including phenoxy) is 2. The molecule has 2 fully saturated rings. The van der Waals surface area contributed by atoms with E-state index < -0.39 is 6.10 Å². The molecule has 0 unspecified atom stereocenters. The number of hydrogen-bond donors (Lipinski definition) is 1. The summed E-state index contributed by atoms with van der Waals surface area (Å²) < 4.78 is 11.1. The maximum atomic E-state index is 12.0. The first-order valence-electron chi connectivity index (χ1n) is 8.02. The Morgan fingerprint density at radius 1 is 1.45 bits per heavy atom. The average Bonchev–Trinajstić information content (AvgIpc) is 2.71. The van der Waals surface area contributed by atoms with Gasteiger partial charge >= 0.3 is 11.9 Å². The molecule has 0 radical (unpaired) electrons. The van der Waals surface area contributed by atoms with Crippen molar-refractivity contribution < 1.29 is 24.2 Å². The van der Waals surface area contributed by atoms with Crippen LogP contribution in [0.5, 0.6) is 0 Å². The molecule has 3 aliphatic rings. The lowest BCUT2D eigenvalue weighted by atomic mass is 9.58. The van der Waals surface area contributed by atoms with Gasteiger partial charge < -0.3 is 14.6 Å². The Bertz CT molecular complexity index is 551. The fourth-order valence-electron chi connectivity index (χ4n) is 4.56. The molecule has 0 spiro atoms. The maximum Gasteiger partial charge on any atom is 0.309 e. The molecule has 1 aliphatic heterocycles. The molecule has 0 bridgehead atoms. The summed E-state index contributed by atoms with van der Waals surface area (Å²) in [5.41, 5.74) is 1.49. The number of aliphatic hydroxyl groups excluding tert-OH is 1. The van der Waals surface area contributed by atoms with Crippen LogP contribution in [0.2, 0.25) is 0 Å². The van der Waals surface area contributed by atoms with Gasteiger partial charge in [-0.25, -0.2) is 0 Å². The molecule has 6 atom stereocenters. The van der Waals surface area contributed by atoms with Crippen LogP contribution >= 0.6 is 0 Å². The fourth-order valence-corrected chi connectivity index (χ4v) is 4.56. The highest BCUT2D eigenvalue weighted by atomic mass is 16.6. The van der Waals surface area contributed by atoms with E-state index in [2.05, 4.69) is 6.92 Å². The molecular formula is C17H24O5. The zero-order chi connectivity index (χ0) is 16.2. The molecule has 0 aromatic rings. The van der Waals surface area contributed by atoms with Crippen molar-refractivity contribution in [3.05, 3.63) is 11.1 Å². The number of rotatable bonds is 1. The second-order valence-corrected chi connectivity index (χ2v) is 7.21. The van der Waals surface area contributed by atoms with Crippen LogP contribution < -0.4 is 0 Å². The van der Waals surface area contributed by atoms with Crippen molar-refractivity contribution in [3.8, 4) is 0 Å². The Morgan fingerprint density at radius 3 is 2.77 bits per heavy atom. The van der Waals surface area contributed by atoms with E-state index in [4.69, 9.17) is 9.47 Å². The summed E-state index contributed by atoms with van der Waals surface area (Å²) in [5, 5.41) is 10.4. The zero-order valence-electron chi connectivity index (χ0n) is 13.6. The van der Waals surface area contributed by atoms with E-state index >= 15 is 0 Å². The number of carbonyl (C=O) groups excluding carboxylic acids is 2. The van der Waals surface area contributed by atoms with Crippen LogP contribution in [-0.4, -0.2) is 35.4 Å². The van der Waals surface area contributed by atoms with Gasteiger partial charge in [0.25, 0.3) is 0 Å². The number of carbonyl (C=O) groups is 2. The van der Waals surface area contributed by atoms with Gasteiger partial charge in [-0.15, -0.1) is 0 Å². The van der Waals surface area contributed by atoms with Crippen molar-refractivity contribution in [2.75, 3.05) is 0 Å². The summed E-state index contributed by atoms with van der Waals surface area (Å²) in [7, 11) is 0. The van der Waals surface area contributed by atoms with Gasteiger partial charge in [0.2, 0.25) is 0 Å².